The molecule has 0 aromatic heterocycles. The molecule has 1 aliphatic heterocycles. The minimum absolute atomic E-state index is 0. The Hall–Kier alpha value is -0.320. The summed E-state index contributed by atoms with van der Waals surface area (Å²) in [6.07, 6.45) is 5.58. The molecule has 0 bridgehead atoms. The number of carbonyl (C=O) groups is 1. The average molecular weight is 292 g/mol. The van der Waals surface area contributed by atoms with Gasteiger partial charge in [-0.1, -0.05) is 13.8 Å². The second-order valence-corrected chi connectivity index (χ2v) is 5.14. The highest BCUT2D eigenvalue weighted by Crippen LogP contribution is 2.04. The van der Waals surface area contributed by atoms with Gasteiger partial charge in [0, 0.05) is 6.54 Å². The summed E-state index contributed by atoms with van der Waals surface area (Å²) in [4.78, 5) is 14.2. The fourth-order valence-electron chi connectivity index (χ4n) is 2.51. The van der Waals surface area contributed by atoms with E-state index in [4.69, 9.17) is 0 Å². The molecule has 1 fully saturated rings. The Labute approximate surface area is 124 Å². The second kappa shape index (κ2) is 11.5. The Morgan fingerprint density at radius 2 is 1.95 bits per heavy atom. The Morgan fingerprint density at radius 1 is 1.26 bits per heavy atom. The van der Waals surface area contributed by atoms with Gasteiger partial charge in [-0.15, -0.1) is 12.4 Å². The summed E-state index contributed by atoms with van der Waals surface area (Å²) < 4.78 is 0. The van der Waals surface area contributed by atoms with Crippen LogP contribution >= 0.6 is 12.4 Å². The number of carbonyl (C=O) groups excluding carboxylic acids is 1. The summed E-state index contributed by atoms with van der Waals surface area (Å²) in [6, 6.07) is 0.0624. The van der Waals surface area contributed by atoms with Gasteiger partial charge in [-0.25, -0.2) is 0 Å². The zero-order valence-corrected chi connectivity index (χ0v) is 13.2. The molecule has 0 aromatic carbocycles. The van der Waals surface area contributed by atoms with Gasteiger partial charge in [0.15, 0.2) is 0 Å². The third-order valence-electron chi connectivity index (χ3n) is 3.41. The molecule has 114 valence electrons. The van der Waals surface area contributed by atoms with Gasteiger partial charge < -0.3 is 15.5 Å². The van der Waals surface area contributed by atoms with Gasteiger partial charge >= 0.3 is 0 Å². The SMILES string of the molecule is CCCN(CCC)CCCNC(=O)[C@@H]1CCCN1.Cl. The Balaban J connectivity index is 0.00000324. The van der Waals surface area contributed by atoms with Crippen LogP contribution in [0.4, 0.5) is 0 Å². The third-order valence-corrected chi connectivity index (χ3v) is 3.41. The smallest absolute Gasteiger partial charge is 0.237 e. The summed E-state index contributed by atoms with van der Waals surface area (Å²) in [6.45, 7) is 9.67. The van der Waals surface area contributed by atoms with Crippen molar-refractivity contribution in [2.45, 2.75) is 52.0 Å². The molecule has 1 amide bonds. The van der Waals surface area contributed by atoms with E-state index in [2.05, 4.69) is 29.4 Å². The predicted octanol–water partition coefficient (Wildman–Crippen LogP) is 1.79. The van der Waals surface area contributed by atoms with Gasteiger partial charge in [-0.05, 0) is 58.3 Å². The molecule has 1 aliphatic rings. The van der Waals surface area contributed by atoms with Gasteiger partial charge in [-0.2, -0.15) is 0 Å². The highest BCUT2D eigenvalue weighted by atomic mass is 35.5. The Kier molecular flexibility index (Phi) is 11.3. The minimum atomic E-state index is 0. The zero-order valence-electron chi connectivity index (χ0n) is 12.4. The largest absolute Gasteiger partial charge is 0.355 e. The van der Waals surface area contributed by atoms with E-state index in [0.29, 0.717) is 0 Å². The number of nitrogens with zero attached hydrogens (tertiary/aromatic N) is 1. The maximum atomic E-state index is 11.8. The molecule has 0 aliphatic carbocycles. The highest BCUT2D eigenvalue weighted by Gasteiger charge is 2.21. The van der Waals surface area contributed by atoms with Crippen LogP contribution in [0, 0.1) is 0 Å². The van der Waals surface area contributed by atoms with Crippen molar-refractivity contribution in [2.75, 3.05) is 32.7 Å². The van der Waals surface area contributed by atoms with E-state index in [-0.39, 0.29) is 24.4 Å². The average Bonchev–Trinajstić information content (AvgIpc) is 2.88. The molecule has 0 saturated carbocycles. The Bertz CT molecular complexity index is 227. The van der Waals surface area contributed by atoms with Crippen molar-refractivity contribution in [3.8, 4) is 0 Å². The molecule has 1 saturated heterocycles. The molecule has 0 spiro atoms. The van der Waals surface area contributed by atoms with E-state index in [1.807, 2.05) is 0 Å². The number of rotatable bonds is 9. The van der Waals surface area contributed by atoms with Gasteiger partial charge in [0.25, 0.3) is 0 Å². The molecule has 0 aromatic rings. The van der Waals surface area contributed by atoms with Crippen LogP contribution in [0.5, 0.6) is 0 Å². The molecular formula is C14H30ClN3O. The van der Waals surface area contributed by atoms with Crippen molar-refractivity contribution < 1.29 is 4.79 Å². The number of hydrogen-bond donors (Lipinski definition) is 2. The zero-order chi connectivity index (χ0) is 13.2. The minimum Gasteiger partial charge on any atom is -0.355 e. The number of nitrogens with one attached hydrogen (secondary N) is 2. The van der Waals surface area contributed by atoms with E-state index in [1.165, 1.54) is 25.9 Å². The topological polar surface area (TPSA) is 44.4 Å². The quantitative estimate of drug-likeness (QED) is 0.637. The Morgan fingerprint density at radius 3 is 2.47 bits per heavy atom. The highest BCUT2D eigenvalue weighted by molar-refractivity contribution is 5.85. The normalized spacial score (nSPS) is 18.4. The van der Waals surface area contributed by atoms with E-state index in [0.717, 1.165) is 38.9 Å². The molecule has 5 heteroatoms. The van der Waals surface area contributed by atoms with E-state index in [1.54, 1.807) is 0 Å². The monoisotopic (exact) mass is 291 g/mol. The van der Waals surface area contributed by atoms with Crippen LogP contribution in [0.25, 0.3) is 0 Å². The van der Waals surface area contributed by atoms with Crippen LogP contribution in [0.2, 0.25) is 0 Å². The summed E-state index contributed by atoms with van der Waals surface area (Å²) >= 11 is 0. The van der Waals surface area contributed by atoms with Gasteiger partial charge in [-0.3, -0.25) is 4.79 Å². The van der Waals surface area contributed by atoms with Crippen LogP contribution in [0.3, 0.4) is 0 Å². The van der Waals surface area contributed by atoms with Crippen molar-refractivity contribution in [1.29, 1.82) is 0 Å². The molecule has 1 heterocycles. The summed E-state index contributed by atoms with van der Waals surface area (Å²) in [5.41, 5.74) is 0. The van der Waals surface area contributed by atoms with Crippen LogP contribution in [0.1, 0.15) is 46.0 Å². The molecule has 19 heavy (non-hydrogen) atoms. The van der Waals surface area contributed by atoms with Crippen molar-refractivity contribution in [3.05, 3.63) is 0 Å². The molecule has 0 radical (unpaired) electrons. The molecular weight excluding hydrogens is 262 g/mol. The molecule has 0 unspecified atom stereocenters. The van der Waals surface area contributed by atoms with Gasteiger partial charge in [0.1, 0.15) is 0 Å². The lowest BCUT2D eigenvalue weighted by Crippen LogP contribution is -2.41. The summed E-state index contributed by atoms with van der Waals surface area (Å²) in [5, 5.41) is 6.26. The van der Waals surface area contributed by atoms with Crippen molar-refractivity contribution in [1.82, 2.24) is 15.5 Å². The molecule has 2 N–H and O–H groups in total. The lowest BCUT2D eigenvalue weighted by atomic mass is 10.2. The first kappa shape index (κ1) is 18.7. The lowest BCUT2D eigenvalue weighted by Gasteiger charge is -2.21. The fraction of sp³-hybridized carbons (Fsp3) is 0.929. The first-order chi connectivity index (χ1) is 8.77. The van der Waals surface area contributed by atoms with Crippen LogP contribution in [-0.4, -0.2) is 49.6 Å². The van der Waals surface area contributed by atoms with Crippen molar-refractivity contribution >= 4 is 18.3 Å². The van der Waals surface area contributed by atoms with E-state index >= 15 is 0 Å². The first-order valence-electron chi connectivity index (χ1n) is 7.51. The number of amides is 1. The maximum Gasteiger partial charge on any atom is 0.237 e. The second-order valence-electron chi connectivity index (χ2n) is 5.14. The predicted molar refractivity (Wildman–Crippen MR) is 82.9 cm³/mol. The van der Waals surface area contributed by atoms with Crippen molar-refractivity contribution in [2.24, 2.45) is 0 Å². The summed E-state index contributed by atoms with van der Waals surface area (Å²) in [5.74, 6) is 0.185. The van der Waals surface area contributed by atoms with Crippen LogP contribution < -0.4 is 10.6 Å². The van der Waals surface area contributed by atoms with Crippen molar-refractivity contribution in [3.63, 3.8) is 0 Å². The molecule has 1 atom stereocenters. The third kappa shape index (κ3) is 7.75. The lowest BCUT2D eigenvalue weighted by molar-refractivity contribution is -0.122. The molecule has 4 nitrogen and oxygen atoms in total. The van der Waals surface area contributed by atoms with Crippen LogP contribution in [-0.2, 0) is 4.79 Å². The maximum absolute atomic E-state index is 11.8. The van der Waals surface area contributed by atoms with E-state index in [9.17, 15) is 4.79 Å². The summed E-state index contributed by atoms with van der Waals surface area (Å²) in [7, 11) is 0. The van der Waals surface area contributed by atoms with Gasteiger partial charge in [0.05, 0.1) is 6.04 Å². The van der Waals surface area contributed by atoms with Crippen LogP contribution in [0.15, 0.2) is 0 Å². The number of halogens is 1. The standard InChI is InChI=1S/C14H29N3O.ClH/c1-3-10-17(11-4-2)12-6-9-16-14(18)13-7-5-8-15-13;/h13,15H,3-12H2,1-2H3,(H,16,18);1H/t13-;/m0./s1. The molecule has 1 rings (SSSR count). The van der Waals surface area contributed by atoms with Gasteiger partial charge in [0.2, 0.25) is 5.91 Å². The van der Waals surface area contributed by atoms with E-state index < -0.39 is 0 Å². The fourth-order valence-corrected chi connectivity index (χ4v) is 2.51. The number of hydrogen-bond acceptors (Lipinski definition) is 3. The first-order valence-corrected chi connectivity index (χ1v) is 7.51.